The molecule has 20 heavy (non-hydrogen) atoms. The molecule has 0 aromatic carbocycles. The van der Waals surface area contributed by atoms with E-state index in [2.05, 4.69) is 11.4 Å². The van der Waals surface area contributed by atoms with Crippen molar-refractivity contribution in [3.8, 4) is 0 Å². The molecule has 0 saturated heterocycles. The molecular formula is C15H25NO4. The molecule has 0 aromatic heterocycles. The Hall–Kier alpha value is -1.36. The minimum absolute atomic E-state index is 0.204. The zero-order chi connectivity index (χ0) is 15.2. The van der Waals surface area contributed by atoms with Crippen LogP contribution in [0.15, 0.2) is 12.2 Å². The van der Waals surface area contributed by atoms with E-state index < -0.39 is 12.0 Å². The van der Waals surface area contributed by atoms with Crippen molar-refractivity contribution in [2.45, 2.75) is 58.1 Å². The number of hydrogen-bond acceptors (Lipinski definition) is 3. The lowest BCUT2D eigenvalue weighted by Crippen LogP contribution is -2.42. The Morgan fingerprint density at radius 3 is 2.65 bits per heavy atom. The largest absolute Gasteiger partial charge is 0.480 e. The number of amides is 1. The van der Waals surface area contributed by atoms with Crippen molar-refractivity contribution in [3.63, 3.8) is 0 Å². The van der Waals surface area contributed by atoms with Crippen molar-refractivity contribution in [1.29, 1.82) is 0 Å². The number of nitrogens with one attached hydrogen (secondary N) is 1. The summed E-state index contributed by atoms with van der Waals surface area (Å²) >= 11 is 0. The minimum atomic E-state index is -1.02. The van der Waals surface area contributed by atoms with Gasteiger partial charge in [-0.1, -0.05) is 12.2 Å². The van der Waals surface area contributed by atoms with E-state index >= 15 is 0 Å². The van der Waals surface area contributed by atoms with Crippen molar-refractivity contribution in [3.05, 3.63) is 12.2 Å². The summed E-state index contributed by atoms with van der Waals surface area (Å²) in [5, 5.41) is 11.7. The number of aliphatic carboxylic acids is 1. The molecule has 1 aliphatic carbocycles. The summed E-state index contributed by atoms with van der Waals surface area (Å²) in [7, 11) is 0. The first-order chi connectivity index (χ1) is 9.28. The zero-order valence-electron chi connectivity index (χ0n) is 12.5. The summed E-state index contributed by atoms with van der Waals surface area (Å²) in [5.41, 5.74) is -0.304. The summed E-state index contributed by atoms with van der Waals surface area (Å²) in [6.45, 7) is 6.04. The molecule has 1 amide bonds. The quantitative estimate of drug-likeness (QED) is 0.702. The number of hydrogen-bond donors (Lipinski definition) is 2. The highest BCUT2D eigenvalue weighted by molar-refractivity contribution is 5.83. The highest BCUT2D eigenvalue weighted by Gasteiger charge is 2.22. The number of allylic oxidation sites excluding steroid dienone is 2. The van der Waals surface area contributed by atoms with Crippen molar-refractivity contribution in [2.24, 2.45) is 5.92 Å². The van der Waals surface area contributed by atoms with Gasteiger partial charge in [0.05, 0.1) is 5.60 Å². The molecule has 2 atom stereocenters. The molecule has 1 rings (SSSR count). The van der Waals surface area contributed by atoms with E-state index in [1.54, 1.807) is 0 Å². The second kappa shape index (κ2) is 7.43. The third-order valence-corrected chi connectivity index (χ3v) is 3.13. The first-order valence-electron chi connectivity index (χ1n) is 7.11. The zero-order valence-corrected chi connectivity index (χ0v) is 12.5. The topological polar surface area (TPSA) is 75.6 Å². The average molecular weight is 283 g/mol. The van der Waals surface area contributed by atoms with Gasteiger partial charge in [0.2, 0.25) is 5.91 Å². The predicted molar refractivity (Wildman–Crippen MR) is 76.4 cm³/mol. The molecule has 0 radical (unpaired) electrons. The van der Waals surface area contributed by atoms with Gasteiger partial charge in [-0.3, -0.25) is 4.79 Å². The summed E-state index contributed by atoms with van der Waals surface area (Å²) in [4.78, 5) is 23.0. The summed E-state index contributed by atoms with van der Waals surface area (Å²) in [5.74, 6) is -0.974. The van der Waals surface area contributed by atoms with Crippen LogP contribution in [0.4, 0.5) is 0 Å². The molecule has 0 fully saturated rings. The Balaban J connectivity index is 2.35. The molecule has 0 spiro atoms. The van der Waals surface area contributed by atoms with E-state index in [0.29, 0.717) is 13.0 Å². The highest BCUT2D eigenvalue weighted by atomic mass is 16.5. The number of rotatable bonds is 7. The van der Waals surface area contributed by atoms with Crippen molar-refractivity contribution < 1.29 is 19.4 Å². The number of ether oxygens (including phenoxy) is 1. The van der Waals surface area contributed by atoms with Crippen LogP contribution in [0.1, 0.15) is 46.5 Å². The Labute approximate surface area is 120 Å². The van der Waals surface area contributed by atoms with Crippen LogP contribution in [-0.4, -0.2) is 35.2 Å². The maximum atomic E-state index is 11.8. The number of carbonyl (C=O) groups is 2. The van der Waals surface area contributed by atoms with E-state index in [9.17, 15) is 9.59 Å². The highest BCUT2D eigenvalue weighted by Crippen LogP contribution is 2.20. The Morgan fingerprint density at radius 1 is 1.45 bits per heavy atom. The fraction of sp³-hybridized carbons (Fsp3) is 0.733. The average Bonchev–Trinajstić information content (AvgIpc) is 2.78. The first-order valence-corrected chi connectivity index (χ1v) is 7.11. The molecule has 114 valence electrons. The molecule has 2 unspecified atom stereocenters. The number of carboxylic acid groups (broad SMARTS) is 1. The van der Waals surface area contributed by atoms with Crippen LogP contribution in [0, 0.1) is 5.92 Å². The molecule has 5 nitrogen and oxygen atoms in total. The normalized spacial score (nSPS) is 19.9. The molecule has 1 aliphatic rings. The molecule has 0 heterocycles. The predicted octanol–water partition coefficient (Wildman–Crippen LogP) is 2.12. The molecule has 2 N–H and O–H groups in total. The van der Waals surface area contributed by atoms with Crippen molar-refractivity contribution in [2.75, 3.05) is 6.61 Å². The summed E-state index contributed by atoms with van der Waals surface area (Å²) in [6, 6.07) is -0.879. The second-order valence-electron chi connectivity index (χ2n) is 6.18. The smallest absolute Gasteiger partial charge is 0.326 e. The van der Waals surface area contributed by atoms with Gasteiger partial charge in [-0.25, -0.2) is 4.79 Å². The maximum absolute atomic E-state index is 11.8. The van der Waals surface area contributed by atoms with Crippen LogP contribution in [0.25, 0.3) is 0 Å². The number of carbonyl (C=O) groups excluding carboxylic acids is 1. The molecule has 5 heteroatoms. The van der Waals surface area contributed by atoms with Gasteiger partial charge in [-0.2, -0.15) is 0 Å². The van der Waals surface area contributed by atoms with Gasteiger partial charge >= 0.3 is 5.97 Å². The van der Waals surface area contributed by atoms with Crippen LogP contribution >= 0.6 is 0 Å². The Kier molecular flexibility index (Phi) is 6.20. The van der Waals surface area contributed by atoms with Gasteiger partial charge in [0.25, 0.3) is 0 Å². The van der Waals surface area contributed by atoms with E-state index in [0.717, 1.165) is 12.8 Å². The van der Waals surface area contributed by atoms with Crippen LogP contribution < -0.4 is 5.32 Å². The monoisotopic (exact) mass is 283 g/mol. The lowest BCUT2D eigenvalue weighted by molar-refractivity contribution is -0.142. The van der Waals surface area contributed by atoms with Crippen LogP contribution in [0.5, 0.6) is 0 Å². The minimum Gasteiger partial charge on any atom is -0.480 e. The third kappa shape index (κ3) is 6.70. The lowest BCUT2D eigenvalue weighted by atomic mass is 10.0. The van der Waals surface area contributed by atoms with Gasteiger partial charge in [-0.05, 0) is 39.5 Å². The van der Waals surface area contributed by atoms with E-state index in [4.69, 9.17) is 9.84 Å². The van der Waals surface area contributed by atoms with Gasteiger partial charge in [0.1, 0.15) is 6.04 Å². The lowest BCUT2D eigenvalue weighted by Gasteiger charge is -2.21. The van der Waals surface area contributed by atoms with Crippen LogP contribution in [0.2, 0.25) is 0 Å². The van der Waals surface area contributed by atoms with Gasteiger partial charge < -0.3 is 15.2 Å². The summed E-state index contributed by atoms with van der Waals surface area (Å²) in [6.07, 6.45) is 6.69. The van der Waals surface area contributed by atoms with Crippen molar-refractivity contribution in [1.82, 2.24) is 5.32 Å². The standard InChI is InChI=1S/C15H25NO4/c1-15(2,3)20-9-8-12(14(18)19)16-13(17)10-11-6-4-5-7-11/h4,6,11-12H,5,7-10H2,1-3H3,(H,16,17)(H,18,19). The summed E-state index contributed by atoms with van der Waals surface area (Å²) < 4.78 is 5.50. The van der Waals surface area contributed by atoms with Gasteiger partial charge in [-0.15, -0.1) is 0 Å². The fourth-order valence-corrected chi connectivity index (χ4v) is 2.10. The Bertz CT molecular complexity index is 371. The second-order valence-corrected chi connectivity index (χ2v) is 6.18. The Morgan fingerprint density at radius 2 is 2.15 bits per heavy atom. The fourth-order valence-electron chi connectivity index (χ4n) is 2.10. The van der Waals surface area contributed by atoms with E-state index in [-0.39, 0.29) is 23.8 Å². The molecule has 0 bridgehead atoms. The maximum Gasteiger partial charge on any atom is 0.326 e. The van der Waals surface area contributed by atoms with Crippen LogP contribution in [0.3, 0.4) is 0 Å². The SMILES string of the molecule is CC(C)(C)OCCC(NC(=O)CC1C=CCC1)C(=O)O. The van der Waals surface area contributed by atoms with Gasteiger partial charge in [0.15, 0.2) is 0 Å². The van der Waals surface area contributed by atoms with E-state index in [1.165, 1.54) is 0 Å². The molecule has 0 saturated carbocycles. The van der Waals surface area contributed by atoms with Crippen LogP contribution in [-0.2, 0) is 14.3 Å². The number of carboxylic acids is 1. The molecule has 0 aromatic rings. The van der Waals surface area contributed by atoms with E-state index in [1.807, 2.05) is 26.8 Å². The first kappa shape index (κ1) is 16.7. The molecular weight excluding hydrogens is 258 g/mol. The van der Waals surface area contributed by atoms with Gasteiger partial charge in [0, 0.05) is 19.4 Å². The third-order valence-electron chi connectivity index (χ3n) is 3.13. The molecule has 0 aliphatic heterocycles. The van der Waals surface area contributed by atoms with Crippen molar-refractivity contribution >= 4 is 11.9 Å².